The Kier molecular flexibility index (Phi) is 3.62. The zero-order valence-electron chi connectivity index (χ0n) is 14.2. The number of aryl methyl sites for hydroxylation is 1. The number of anilines is 2. The molecule has 2 amide bonds. The maximum atomic E-state index is 12.0. The average Bonchev–Trinajstić information content (AvgIpc) is 2.78. The van der Waals surface area contributed by atoms with Crippen LogP contribution in [0, 0.1) is 0 Å². The van der Waals surface area contributed by atoms with Gasteiger partial charge in [0.1, 0.15) is 5.75 Å². The maximum Gasteiger partial charge on any atom is 0.268 e. The van der Waals surface area contributed by atoms with Crippen molar-refractivity contribution in [2.45, 2.75) is 32.4 Å². The van der Waals surface area contributed by atoms with Crippen LogP contribution in [0.3, 0.4) is 0 Å². The Morgan fingerprint density at radius 2 is 2.12 bits per heavy atom. The van der Waals surface area contributed by atoms with Gasteiger partial charge >= 0.3 is 0 Å². The van der Waals surface area contributed by atoms with Crippen LogP contribution in [0.4, 0.5) is 11.6 Å². The van der Waals surface area contributed by atoms with Crippen molar-refractivity contribution in [3.05, 3.63) is 12.1 Å². The second-order valence-corrected chi connectivity index (χ2v) is 6.56. The minimum atomic E-state index is -0.946. The lowest BCUT2D eigenvalue weighted by molar-refractivity contribution is -0.130. The molecule has 0 spiro atoms. The summed E-state index contributed by atoms with van der Waals surface area (Å²) in [6.07, 6.45) is 0.322. The van der Waals surface area contributed by atoms with Crippen molar-refractivity contribution >= 4 is 34.5 Å². The Morgan fingerprint density at radius 3 is 2.79 bits per heavy atom. The number of nitrogens with two attached hydrogens (primary N) is 1. The molecule has 0 fully saturated rings. The van der Waals surface area contributed by atoms with Crippen molar-refractivity contribution in [3.63, 3.8) is 0 Å². The van der Waals surface area contributed by atoms with Gasteiger partial charge in [0, 0.05) is 33.1 Å². The van der Waals surface area contributed by atoms with E-state index in [0.717, 1.165) is 5.52 Å². The monoisotopic (exact) mass is 331 g/mol. The summed E-state index contributed by atoms with van der Waals surface area (Å²) in [5.41, 5.74) is 7.03. The Hall–Kier alpha value is -2.77. The van der Waals surface area contributed by atoms with Gasteiger partial charge in [0.15, 0.2) is 5.60 Å². The number of hydrogen-bond donors (Lipinski definition) is 2. The van der Waals surface area contributed by atoms with E-state index in [-0.39, 0.29) is 11.8 Å². The van der Waals surface area contributed by atoms with Gasteiger partial charge in [-0.05, 0) is 19.9 Å². The summed E-state index contributed by atoms with van der Waals surface area (Å²) >= 11 is 0. The molecule has 1 aliphatic rings. The number of hydrogen-bond acceptors (Lipinski definition) is 5. The molecule has 1 aliphatic heterocycles. The highest BCUT2D eigenvalue weighted by Gasteiger charge is 2.35. The molecular weight excluding hydrogens is 310 g/mol. The topological polar surface area (TPSA) is 102 Å². The van der Waals surface area contributed by atoms with Gasteiger partial charge in [0.2, 0.25) is 11.9 Å². The van der Waals surface area contributed by atoms with Crippen LogP contribution < -0.4 is 15.8 Å². The Labute approximate surface area is 139 Å². The van der Waals surface area contributed by atoms with Crippen molar-refractivity contribution in [1.29, 1.82) is 0 Å². The number of fused-ring (bicyclic) bond motifs is 2. The van der Waals surface area contributed by atoms with E-state index in [1.165, 1.54) is 0 Å². The highest BCUT2D eigenvalue weighted by Crippen LogP contribution is 2.37. The molecule has 0 atom stereocenters. The number of rotatable bonds is 3. The van der Waals surface area contributed by atoms with Gasteiger partial charge in [0.05, 0.1) is 16.7 Å². The van der Waals surface area contributed by atoms with Gasteiger partial charge in [-0.1, -0.05) is 0 Å². The molecule has 0 radical (unpaired) electrons. The third kappa shape index (κ3) is 2.64. The van der Waals surface area contributed by atoms with Gasteiger partial charge in [-0.25, -0.2) is 4.98 Å². The van der Waals surface area contributed by atoms with Crippen molar-refractivity contribution in [1.82, 2.24) is 14.5 Å². The molecule has 0 unspecified atom stereocenters. The lowest BCUT2D eigenvalue weighted by Gasteiger charge is -2.31. The first-order valence-corrected chi connectivity index (χ1v) is 7.69. The number of nitrogens with zero attached hydrogens (tertiary/aromatic N) is 3. The fraction of sp³-hybridized carbons (Fsp3) is 0.438. The zero-order valence-corrected chi connectivity index (χ0v) is 14.2. The highest BCUT2D eigenvalue weighted by atomic mass is 16.5. The molecule has 3 rings (SSSR count). The van der Waals surface area contributed by atoms with Crippen LogP contribution in [0.25, 0.3) is 11.0 Å². The molecule has 0 saturated carbocycles. The Bertz CT molecular complexity index is 838. The number of nitrogen functional groups attached to an aromatic ring is 1. The molecule has 0 aliphatic carbocycles. The quantitative estimate of drug-likeness (QED) is 0.880. The lowest BCUT2D eigenvalue weighted by Crippen LogP contribution is -2.45. The molecule has 1 aromatic heterocycles. The zero-order chi connectivity index (χ0) is 17.6. The number of ether oxygens (including phenoxy) is 1. The minimum absolute atomic E-state index is 0.0128. The molecule has 0 saturated heterocycles. The first-order valence-electron chi connectivity index (χ1n) is 7.69. The normalized spacial score (nSPS) is 15.6. The largest absolute Gasteiger partial charge is 0.476 e. The summed E-state index contributed by atoms with van der Waals surface area (Å²) < 4.78 is 7.58. The van der Waals surface area contributed by atoms with Gasteiger partial charge in [-0.2, -0.15) is 0 Å². The first-order chi connectivity index (χ1) is 11.2. The summed E-state index contributed by atoms with van der Waals surface area (Å²) in [6, 6.07) is 3.54. The van der Waals surface area contributed by atoms with Crippen molar-refractivity contribution in [2.24, 2.45) is 0 Å². The maximum absolute atomic E-state index is 12.0. The van der Waals surface area contributed by atoms with Crippen LogP contribution in [0.5, 0.6) is 5.75 Å². The van der Waals surface area contributed by atoms with Gasteiger partial charge in [-0.3, -0.25) is 9.59 Å². The van der Waals surface area contributed by atoms with E-state index in [4.69, 9.17) is 10.5 Å². The van der Waals surface area contributed by atoms with Crippen LogP contribution in [-0.2, 0) is 16.1 Å². The number of carbonyl (C=O) groups excluding carboxylic acids is 2. The number of amides is 2. The SMILES string of the molecule is CN(C)C(=O)CCn1c(N)nc2cc3c(cc21)OC(C)(C)C(=O)N3. The number of benzene rings is 1. The predicted octanol–water partition coefficient (Wildman–Crippen LogP) is 1.21. The van der Waals surface area contributed by atoms with E-state index in [9.17, 15) is 9.59 Å². The molecule has 0 bridgehead atoms. The molecule has 8 heteroatoms. The number of aromatic nitrogens is 2. The van der Waals surface area contributed by atoms with Crippen molar-refractivity contribution < 1.29 is 14.3 Å². The number of carbonyl (C=O) groups is 2. The summed E-state index contributed by atoms with van der Waals surface area (Å²) in [7, 11) is 3.43. The van der Waals surface area contributed by atoms with Crippen LogP contribution in [0.2, 0.25) is 0 Å². The van der Waals surface area contributed by atoms with Gasteiger partial charge in [0.25, 0.3) is 5.91 Å². The summed E-state index contributed by atoms with van der Waals surface area (Å²) in [4.78, 5) is 29.7. The van der Waals surface area contributed by atoms with Gasteiger partial charge in [-0.15, -0.1) is 0 Å². The van der Waals surface area contributed by atoms with E-state index in [1.54, 1.807) is 49.5 Å². The van der Waals surface area contributed by atoms with E-state index in [2.05, 4.69) is 10.3 Å². The molecule has 3 N–H and O–H groups in total. The number of nitrogens with one attached hydrogen (secondary N) is 1. The van der Waals surface area contributed by atoms with Crippen LogP contribution in [0.1, 0.15) is 20.3 Å². The molecule has 2 heterocycles. The molecule has 128 valence electrons. The van der Waals surface area contributed by atoms with Crippen LogP contribution >= 0.6 is 0 Å². The molecule has 2 aromatic rings. The van der Waals surface area contributed by atoms with Crippen molar-refractivity contribution in [2.75, 3.05) is 25.1 Å². The van der Waals surface area contributed by atoms with E-state index in [1.807, 2.05) is 0 Å². The van der Waals surface area contributed by atoms with Crippen LogP contribution in [-0.4, -0.2) is 46.0 Å². The fourth-order valence-corrected chi connectivity index (χ4v) is 2.61. The second kappa shape index (κ2) is 5.40. The Morgan fingerprint density at radius 1 is 1.42 bits per heavy atom. The minimum Gasteiger partial charge on any atom is -0.476 e. The van der Waals surface area contributed by atoms with Gasteiger partial charge < -0.3 is 25.3 Å². The summed E-state index contributed by atoms with van der Waals surface area (Å²) in [6.45, 7) is 3.83. The third-order valence-corrected chi connectivity index (χ3v) is 4.09. The molecular formula is C16H21N5O3. The molecule has 24 heavy (non-hydrogen) atoms. The van der Waals surface area contributed by atoms with E-state index in [0.29, 0.717) is 35.9 Å². The predicted molar refractivity (Wildman–Crippen MR) is 90.8 cm³/mol. The average molecular weight is 331 g/mol. The van der Waals surface area contributed by atoms with E-state index < -0.39 is 5.60 Å². The lowest BCUT2D eigenvalue weighted by atomic mass is 10.1. The smallest absolute Gasteiger partial charge is 0.268 e. The van der Waals surface area contributed by atoms with Crippen LogP contribution in [0.15, 0.2) is 12.1 Å². The van der Waals surface area contributed by atoms with Crippen molar-refractivity contribution in [3.8, 4) is 5.75 Å². The molecule has 1 aromatic carbocycles. The molecule has 8 nitrogen and oxygen atoms in total. The second-order valence-electron chi connectivity index (χ2n) is 6.56. The summed E-state index contributed by atoms with van der Waals surface area (Å²) in [5.74, 6) is 0.689. The highest BCUT2D eigenvalue weighted by molar-refractivity contribution is 6.02. The third-order valence-electron chi connectivity index (χ3n) is 4.09. The number of imidazole rings is 1. The standard InChI is InChI=1S/C16H21N5O3/c1-16(2)14(23)18-10-7-9-11(8-12(10)24-16)21(15(17)19-9)6-5-13(22)20(3)4/h7-8H,5-6H2,1-4H3,(H2,17,19)(H,18,23). The summed E-state index contributed by atoms with van der Waals surface area (Å²) in [5, 5.41) is 2.82. The fourth-order valence-electron chi connectivity index (χ4n) is 2.61. The van der Waals surface area contributed by atoms with E-state index >= 15 is 0 Å². The Balaban J connectivity index is 1.99. The first kappa shape index (κ1) is 16.1.